The molecule has 2 aliphatic rings. The van der Waals surface area contributed by atoms with Gasteiger partial charge in [0.25, 0.3) is 5.91 Å². The van der Waals surface area contributed by atoms with Gasteiger partial charge in [-0.1, -0.05) is 67.4 Å². The van der Waals surface area contributed by atoms with Crippen LogP contribution in [0, 0.1) is 0 Å². The minimum atomic E-state index is -1.84. The highest BCUT2D eigenvalue weighted by atomic mass is 16.3. The zero-order chi connectivity index (χ0) is 22.1. The molecule has 0 spiro atoms. The Morgan fingerprint density at radius 1 is 0.875 bits per heavy atom. The van der Waals surface area contributed by atoms with Crippen LogP contribution in [0.1, 0.15) is 48.0 Å². The molecule has 5 heteroatoms. The second-order valence-corrected chi connectivity index (χ2v) is 8.95. The molecule has 32 heavy (non-hydrogen) atoms. The fraction of sp³-hybridized carbons (Fsp3) is 0.333. The van der Waals surface area contributed by atoms with Gasteiger partial charge in [-0.05, 0) is 48.8 Å². The average molecular weight is 429 g/mol. The van der Waals surface area contributed by atoms with Gasteiger partial charge >= 0.3 is 0 Å². The van der Waals surface area contributed by atoms with E-state index in [9.17, 15) is 14.7 Å². The third kappa shape index (κ3) is 3.72. The zero-order valence-electron chi connectivity index (χ0n) is 18.2. The van der Waals surface area contributed by atoms with Gasteiger partial charge in [-0.25, -0.2) is 0 Å². The first-order valence-corrected chi connectivity index (χ1v) is 11.4. The van der Waals surface area contributed by atoms with Gasteiger partial charge in [0.05, 0.1) is 18.8 Å². The molecule has 0 radical (unpaired) electrons. The summed E-state index contributed by atoms with van der Waals surface area (Å²) in [4.78, 5) is 30.7. The number of likely N-dealkylation sites (tertiary alicyclic amines) is 1. The van der Waals surface area contributed by atoms with Crippen molar-refractivity contribution in [3.8, 4) is 0 Å². The number of carbonyl (C=O) groups is 2. The molecule has 1 atom stereocenters. The van der Waals surface area contributed by atoms with Crippen LogP contribution >= 0.6 is 0 Å². The molecule has 0 aromatic heterocycles. The van der Waals surface area contributed by atoms with Crippen molar-refractivity contribution in [3.63, 3.8) is 0 Å². The van der Waals surface area contributed by atoms with Gasteiger partial charge < -0.3 is 5.11 Å². The monoisotopic (exact) mass is 428 g/mol. The number of aliphatic hydroxyl groups is 1. The Morgan fingerprint density at radius 2 is 1.56 bits per heavy atom. The summed E-state index contributed by atoms with van der Waals surface area (Å²) in [6, 6.07) is 20.7. The van der Waals surface area contributed by atoms with E-state index in [0.717, 1.165) is 36.7 Å². The Labute approximate surface area is 188 Å². The highest BCUT2D eigenvalue weighted by Gasteiger charge is 2.51. The number of para-hydroxylation sites is 1. The second kappa shape index (κ2) is 8.49. The summed E-state index contributed by atoms with van der Waals surface area (Å²) in [5.41, 5.74) is -0.108. The summed E-state index contributed by atoms with van der Waals surface area (Å²) in [7, 11) is 0. The van der Waals surface area contributed by atoms with Crippen molar-refractivity contribution in [3.05, 3.63) is 77.9 Å². The smallest absolute Gasteiger partial charge is 0.265 e. The summed E-state index contributed by atoms with van der Waals surface area (Å²) in [6.45, 7) is 2.34. The van der Waals surface area contributed by atoms with E-state index in [-0.39, 0.29) is 12.2 Å². The molecule has 3 aromatic carbocycles. The van der Waals surface area contributed by atoms with E-state index in [0.29, 0.717) is 23.5 Å². The number of rotatable bonds is 5. The number of anilines is 1. The lowest BCUT2D eigenvalue weighted by Gasteiger charge is -2.28. The number of hydrogen-bond acceptors (Lipinski definition) is 4. The number of carbonyl (C=O) groups excluding carboxylic acids is 2. The first kappa shape index (κ1) is 20.9. The van der Waals surface area contributed by atoms with Crippen LogP contribution in [0.3, 0.4) is 0 Å². The topological polar surface area (TPSA) is 60.9 Å². The standard InChI is InChI=1S/C27H28N2O3/c30-25(22-14-13-20-9-3-4-10-21(20)17-22)18-27(32)23-11-5-6-12-24(23)29(26(27)31)19-28-15-7-1-2-8-16-28/h3-6,9-14,17,32H,1-2,7-8,15-16,18-19H2. The van der Waals surface area contributed by atoms with Crippen LogP contribution in [0.25, 0.3) is 10.8 Å². The third-order valence-corrected chi connectivity index (χ3v) is 6.77. The molecule has 2 aliphatic heterocycles. The van der Waals surface area contributed by atoms with Gasteiger partial charge in [-0.3, -0.25) is 19.4 Å². The van der Waals surface area contributed by atoms with Crippen LogP contribution in [0.2, 0.25) is 0 Å². The van der Waals surface area contributed by atoms with Gasteiger partial charge in [-0.2, -0.15) is 0 Å². The molecule has 2 heterocycles. The molecule has 0 saturated carbocycles. The minimum Gasteiger partial charge on any atom is -0.375 e. The van der Waals surface area contributed by atoms with Crippen LogP contribution in [0.15, 0.2) is 66.7 Å². The number of benzene rings is 3. The highest BCUT2D eigenvalue weighted by Crippen LogP contribution is 2.43. The Bertz CT molecular complexity index is 1170. The van der Waals surface area contributed by atoms with Crippen molar-refractivity contribution in [2.45, 2.75) is 37.7 Å². The van der Waals surface area contributed by atoms with Crippen molar-refractivity contribution in [2.24, 2.45) is 0 Å². The van der Waals surface area contributed by atoms with Crippen LogP contribution in [0.5, 0.6) is 0 Å². The van der Waals surface area contributed by atoms with Crippen LogP contribution in [0.4, 0.5) is 5.69 Å². The van der Waals surface area contributed by atoms with Crippen LogP contribution in [-0.4, -0.2) is 41.5 Å². The van der Waals surface area contributed by atoms with E-state index in [1.807, 2.05) is 54.6 Å². The Kier molecular flexibility index (Phi) is 5.53. The predicted octanol–water partition coefficient (Wildman–Crippen LogP) is 4.48. The third-order valence-electron chi connectivity index (χ3n) is 6.77. The van der Waals surface area contributed by atoms with Crippen molar-refractivity contribution in [1.82, 2.24) is 4.90 Å². The van der Waals surface area contributed by atoms with Crippen LogP contribution in [-0.2, 0) is 10.4 Å². The van der Waals surface area contributed by atoms with Gasteiger partial charge in [0.2, 0.25) is 0 Å². The van der Waals surface area contributed by atoms with Crippen molar-refractivity contribution in [2.75, 3.05) is 24.7 Å². The summed E-state index contributed by atoms with van der Waals surface area (Å²) >= 11 is 0. The fourth-order valence-electron chi connectivity index (χ4n) is 4.99. The molecular formula is C27H28N2O3. The number of Topliss-reactive ketones (excluding diaryl/α,β-unsaturated/α-hetero) is 1. The van der Waals surface area contributed by atoms with Gasteiger partial charge in [0.15, 0.2) is 11.4 Å². The van der Waals surface area contributed by atoms with Gasteiger partial charge in [0, 0.05) is 11.1 Å². The molecule has 5 nitrogen and oxygen atoms in total. The van der Waals surface area contributed by atoms with Crippen molar-refractivity contribution < 1.29 is 14.7 Å². The second-order valence-electron chi connectivity index (χ2n) is 8.95. The maximum Gasteiger partial charge on any atom is 0.265 e. The van der Waals surface area contributed by atoms with Gasteiger partial charge in [0.1, 0.15) is 0 Å². The molecule has 0 aliphatic carbocycles. The van der Waals surface area contributed by atoms with E-state index in [1.54, 1.807) is 17.0 Å². The van der Waals surface area contributed by atoms with E-state index in [2.05, 4.69) is 4.90 Å². The van der Waals surface area contributed by atoms with Crippen molar-refractivity contribution in [1.29, 1.82) is 0 Å². The quantitative estimate of drug-likeness (QED) is 0.609. The molecule has 1 unspecified atom stereocenters. The van der Waals surface area contributed by atoms with E-state index in [4.69, 9.17) is 0 Å². The first-order valence-electron chi connectivity index (χ1n) is 11.4. The summed E-state index contributed by atoms with van der Waals surface area (Å²) < 4.78 is 0. The fourth-order valence-corrected chi connectivity index (χ4v) is 4.99. The Hall–Kier alpha value is -3.02. The number of amides is 1. The van der Waals surface area contributed by atoms with E-state index in [1.165, 1.54) is 12.8 Å². The SMILES string of the molecule is O=C(CC1(O)C(=O)N(CN2CCCCCC2)c2ccccc21)c1ccc2ccccc2c1. The van der Waals surface area contributed by atoms with Crippen molar-refractivity contribution >= 4 is 28.2 Å². The molecule has 164 valence electrons. The molecule has 1 fully saturated rings. The lowest BCUT2D eigenvalue weighted by Crippen LogP contribution is -2.46. The maximum absolute atomic E-state index is 13.5. The molecular weight excluding hydrogens is 400 g/mol. The van der Waals surface area contributed by atoms with Gasteiger partial charge in [-0.15, -0.1) is 0 Å². The molecule has 1 amide bonds. The van der Waals surface area contributed by atoms with Crippen LogP contribution < -0.4 is 4.90 Å². The lowest BCUT2D eigenvalue weighted by molar-refractivity contribution is -0.136. The van der Waals surface area contributed by atoms with E-state index < -0.39 is 11.5 Å². The molecule has 1 saturated heterocycles. The van der Waals surface area contributed by atoms with E-state index >= 15 is 0 Å². The number of hydrogen-bond donors (Lipinski definition) is 1. The summed E-state index contributed by atoms with van der Waals surface area (Å²) in [5, 5.41) is 13.6. The summed E-state index contributed by atoms with van der Waals surface area (Å²) in [5.74, 6) is -0.643. The highest BCUT2D eigenvalue weighted by molar-refractivity contribution is 6.11. The molecule has 5 rings (SSSR count). The Balaban J connectivity index is 1.43. The largest absolute Gasteiger partial charge is 0.375 e. The molecule has 0 bridgehead atoms. The maximum atomic E-state index is 13.5. The predicted molar refractivity (Wildman–Crippen MR) is 126 cm³/mol. The number of fused-ring (bicyclic) bond motifs is 2. The minimum absolute atomic E-state index is 0.238. The first-order chi connectivity index (χ1) is 15.6. The average Bonchev–Trinajstić information content (AvgIpc) is 3.00. The number of ketones is 1. The Morgan fingerprint density at radius 3 is 2.34 bits per heavy atom. The molecule has 3 aromatic rings. The normalized spacial score (nSPS) is 21.5. The number of nitrogens with zero attached hydrogens (tertiary/aromatic N) is 2. The zero-order valence-corrected chi connectivity index (χ0v) is 18.2. The summed E-state index contributed by atoms with van der Waals surface area (Å²) in [6.07, 6.45) is 4.40. The lowest BCUT2D eigenvalue weighted by atomic mass is 9.88. The molecule has 1 N–H and O–H groups in total.